The molecule has 0 saturated heterocycles. The highest BCUT2D eigenvalue weighted by molar-refractivity contribution is 5.86. The molecule has 4 N–H and O–H groups in total. The summed E-state index contributed by atoms with van der Waals surface area (Å²) < 4.78 is 17.6. The zero-order valence-electron chi connectivity index (χ0n) is 6.04. The van der Waals surface area contributed by atoms with E-state index in [1.165, 1.54) is 12.1 Å². The lowest BCUT2D eigenvalue weighted by atomic mass is 10.3. The average molecular weight is 167 g/mol. The number of nitrogen functional groups attached to an aromatic ring is 2. The van der Waals surface area contributed by atoms with Crippen LogP contribution in [0.1, 0.15) is 0 Å². The van der Waals surface area contributed by atoms with Gasteiger partial charge in [0.15, 0.2) is 5.58 Å². The average Bonchev–Trinajstić information content (AvgIpc) is 2.29. The van der Waals surface area contributed by atoms with Crippen molar-refractivity contribution in [2.45, 2.75) is 0 Å². The summed E-state index contributed by atoms with van der Waals surface area (Å²) in [6, 6.07) is 2.35. The van der Waals surface area contributed by atoms with Gasteiger partial charge in [-0.2, -0.15) is 4.98 Å². The maximum absolute atomic E-state index is 12.7. The van der Waals surface area contributed by atoms with Gasteiger partial charge in [-0.15, -0.1) is 0 Å². The molecule has 0 aliphatic carbocycles. The Hall–Kier alpha value is -1.78. The zero-order chi connectivity index (χ0) is 8.72. The van der Waals surface area contributed by atoms with Crippen molar-refractivity contribution < 1.29 is 8.81 Å². The van der Waals surface area contributed by atoms with Gasteiger partial charge in [0.25, 0.3) is 6.01 Å². The highest BCUT2D eigenvalue weighted by atomic mass is 19.1. The lowest BCUT2D eigenvalue weighted by molar-refractivity contribution is 0.606. The predicted octanol–water partition coefficient (Wildman–Crippen LogP) is 1.13. The summed E-state index contributed by atoms with van der Waals surface area (Å²) in [6.07, 6.45) is 0. The summed E-state index contributed by atoms with van der Waals surface area (Å²) in [6.45, 7) is 0. The molecule has 0 fully saturated rings. The highest BCUT2D eigenvalue weighted by Crippen LogP contribution is 2.23. The fraction of sp³-hybridized carbons (Fsp3) is 0. The first-order valence-electron chi connectivity index (χ1n) is 3.28. The Labute approximate surface area is 67.0 Å². The van der Waals surface area contributed by atoms with E-state index >= 15 is 0 Å². The Morgan fingerprint density at radius 3 is 2.83 bits per heavy atom. The normalized spacial score (nSPS) is 10.8. The molecule has 0 spiro atoms. The number of benzene rings is 1. The lowest BCUT2D eigenvalue weighted by Gasteiger charge is -1.92. The van der Waals surface area contributed by atoms with E-state index in [0.29, 0.717) is 5.52 Å². The molecule has 0 unspecified atom stereocenters. The maximum atomic E-state index is 12.7. The van der Waals surface area contributed by atoms with Crippen molar-refractivity contribution in [2.75, 3.05) is 11.5 Å². The Balaban J connectivity index is 2.88. The van der Waals surface area contributed by atoms with E-state index in [1.807, 2.05) is 0 Å². The van der Waals surface area contributed by atoms with Crippen LogP contribution in [-0.4, -0.2) is 4.98 Å². The molecule has 0 aliphatic rings. The Bertz CT molecular complexity index is 437. The fourth-order valence-corrected chi connectivity index (χ4v) is 1.04. The number of hydrogen-bond acceptors (Lipinski definition) is 4. The predicted molar refractivity (Wildman–Crippen MR) is 42.8 cm³/mol. The summed E-state index contributed by atoms with van der Waals surface area (Å²) in [7, 11) is 0. The van der Waals surface area contributed by atoms with Crippen LogP contribution in [0.4, 0.5) is 16.1 Å². The molecular formula is C7H6FN3O. The van der Waals surface area contributed by atoms with Gasteiger partial charge in [-0.25, -0.2) is 4.39 Å². The molecule has 0 radical (unpaired) electrons. The number of oxazole rings is 1. The van der Waals surface area contributed by atoms with Crippen LogP contribution in [0.3, 0.4) is 0 Å². The van der Waals surface area contributed by atoms with Gasteiger partial charge < -0.3 is 15.9 Å². The largest absolute Gasteiger partial charge is 0.424 e. The third-order valence-electron chi connectivity index (χ3n) is 1.51. The molecule has 5 heteroatoms. The minimum absolute atomic E-state index is 0.0118. The number of nitrogens with zero attached hydrogens (tertiary/aromatic N) is 1. The third kappa shape index (κ3) is 0.868. The maximum Gasteiger partial charge on any atom is 0.293 e. The quantitative estimate of drug-likeness (QED) is 0.576. The molecule has 0 bridgehead atoms. The van der Waals surface area contributed by atoms with Gasteiger partial charge in [-0.05, 0) is 6.07 Å². The van der Waals surface area contributed by atoms with Gasteiger partial charge in [0.1, 0.15) is 11.3 Å². The zero-order valence-corrected chi connectivity index (χ0v) is 6.04. The van der Waals surface area contributed by atoms with Gasteiger partial charge in [-0.1, -0.05) is 0 Å². The molecule has 0 amide bonds. The minimum Gasteiger partial charge on any atom is -0.424 e. The molecule has 12 heavy (non-hydrogen) atoms. The number of nitrogens with two attached hydrogens (primary N) is 2. The third-order valence-corrected chi connectivity index (χ3v) is 1.51. The Kier molecular flexibility index (Phi) is 1.21. The first-order valence-corrected chi connectivity index (χ1v) is 3.28. The highest BCUT2D eigenvalue weighted by Gasteiger charge is 2.07. The van der Waals surface area contributed by atoms with Gasteiger partial charge >= 0.3 is 0 Å². The van der Waals surface area contributed by atoms with Crippen molar-refractivity contribution in [3.05, 3.63) is 17.9 Å². The first kappa shape index (κ1) is 6.90. The second kappa shape index (κ2) is 2.10. The van der Waals surface area contributed by atoms with Gasteiger partial charge in [-0.3, -0.25) is 0 Å². The molecule has 0 aliphatic heterocycles. The van der Waals surface area contributed by atoms with Crippen LogP contribution >= 0.6 is 0 Å². The summed E-state index contributed by atoms with van der Waals surface area (Å²) in [5, 5.41) is 0. The molecule has 2 aromatic rings. The van der Waals surface area contributed by atoms with Gasteiger partial charge in [0.05, 0.1) is 5.69 Å². The van der Waals surface area contributed by atoms with E-state index in [1.54, 1.807) is 0 Å². The van der Waals surface area contributed by atoms with Crippen LogP contribution in [0.5, 0.6) is 0 Å². The molecule has 1 heterocycles. The van der Waals surface area contributed by atoms with Crippen molar-refractivity contribution in [3.8, 4) is 0 Å². The monoisotopic (exact) mass is 167 g/mol. The molecule has 1 aromatic heterocycles. The fourth-order valence-electron chi connectivity index (χ4n) is 1.04. The van der Waals surface area contributed by atoms with Crippen molar-refractivity contribution in [2.24, 2.45) is 0 Å². The number of rotatable bonds is 0. The van der Waals surface area contributed by atoms with Crippen molar-refractivity contribution in [3.63, 3.8) is 0 Å². The molecule has 62 valence electrons. The first-order chi connectivity index (χ1) is 5.66. The van der Waals surface area contributed by atoms with E-state index in [9.17, 15) is 4.39 Å². The minimum atomic E-state index is -0.462. The Morgan fingerprint density at radius 1 is 1.33 bits per heavy atom. The van der Waals surface area contributed by atoms with Crippen LogP contribution in [-0.2, 0) is 0 Å². The molecule has 4 nitrogen and oxygen atoms in total. The van der Waals surface area contributed by atoms with Gasteiger partial charge in [0, 0.05) is 6.07 Å². The summed E-state index contributed by atoms with van der Waals surface area (Å²) >= 11 is 0. The van der Waals surface area contributed by atoms with E-state index in [0.717, 1.165) is 0 Å². The number of fused-ring (bicyclic) bond motifs is 1. The number of aromatic nitrogens is 1. The molecule has 0 saturated carbocycles. The standard InChI is InChI=1S/C7H6FN3O/c8-3-1-4(9)6-5(2-3)12-7(10)11-6/h1-2H,9H2,(H2,10,11). The van der Waals surface area contributed by atoms with Crippen molar-refractivity contribution in [1.82, 2.24) is 4.98 Å². The lowest BCUT2D eigenvalue weighted by Crippen LogP contribution is -1.88. The summed E-state index contributed by atoms with van der Waals surface area (Å²) in [5.74, 6) is -0.462. The molecule has 1 aromatic carbocycles. The van der Waals surface area contributed by atoms with Crippen LogP contribution in [0, 0.1) is 5.82 Å². The molecular weight excluding hydrogens is 161 g/mol. The van der Waals surface area contributed by atoms with Crippen molar-refractivity contribution in [1.29, 1.82) is 0 Å². The van der Waals surface area contributed by atoms with E-state index in [-0.39, 0.29) is 17.3 Å². The second-order valence-electron chi connectivity index (χ2n) is 2.39. The van der Waals surface area contributed by atoms with Gasteiger partial charge in [0.2, 0.25) is 0 Å². The molecule has 2 rings (SSSR count). The SMILES string of the molecule is Nc1nc2c(N)cc(F)cc2o1. The Morgan fingerprint density at radius 2 is 2.08 bits per heavy atom. The summed E-state index contributed by atoms with van der Waals surface area (Å²) in [5.41, 5.74) is 11.6. The number of anilines is 2. The van der Waals surface area contributed by atoms with Crippen LogP contribution in [0.25, 0.3) is 11.1 Å². The van der Waals surface area contributed by atoms with Crippen molar-refractivity contribution >= 4 is 22.8 Å². The number of halogens is 1. The van der Waals surface area contributed by atoms with E-state index < -0.39 is 5.82 Å². The number of hydrogen-bond donors (Lipinski definition) is 2. The molecule has 0 atom stereocenters. The smallest absolute Gasteiger partial charge is 0.293 e. The topological polar surface area (TPSA) is 78.1 Å². The van der Waals surface area contributed by atoms with Crippen LogP contribution < -0.4 is 11.5 Å². The van der Waals surface area contributed by atoms with E-state index in [2.05, 4.69) is 4.98 Å². The van der Waals surface area contributed by atoms with Crippen LogP contribution in [0.15, 0.2) is 16.5 Å². The second-order valence-corrected chi connectivity index (χ2v) is 2.39. The van der Waals surface area contributed by atoms with E-state index in [4.69, 9.17) is 15.9 Å². The summed E-state index contributed by atoms with van der Waals surface area (Å²) in [4.78, 5) is 3.77. The van der Waals surface area contributed by atoms with Crippen LogP contribution in [0.2, 0.25) is 0 Å².